The summed E-state index contributed by atoms with van der Waals surface area (Å²) < 4.78 is 11.7. The zero-order chi connectivity index (χ0) is 31.1. The summed E-state index contributed by atoms with van der Waals surface area (Å²) in [4.78, 5) is 25.3. The molecule has 0 spiro atoms. The monoisotopic (exact) mass is 596 g/mol. The van der Waals surface area contributed by atoms with Gasteiger partial charge in [0.2, 0.25) is 6.29 Å². The summed E-state index contributed by atoms with van der Waals surface area (Å²) in [6.07, 6.45) is -5.21. The van der Waals surface area contributed by atoms with Gasteiger partial charge in [-0.25, -0.2) is 4.79 Å². The molecule has 0 aromatic heterocycles. The lowest BCUT2D eigenvalue weighted by Gasteiger charge is -2.48. The minimum Gasteiger partial charge on any atom is -0.507 e. The summed E-state index contributed by atoms with van der Waals surface area (Å²) in [5.74, 6) is -3.23. The summed E-state index contributed by atoms with van der Waals surface area (Å²) in [5.41, 5.74) is -1.09. The highest BCUT2D eigenvalue weighted by Gasteiger charge is 2.53. The fourth-order valence-electron chi connectivity index (χ4n) is 6.22. The molecular formula is C32H36O11. The maximum atomic E-state index is 13.4. The molecule has 0 bridgehead atoms. The molecule has 2 fully saturated rings. The molecule has 0 unspecified atom stereocenters. The van der Waals surface area contributed by atoms with Crippen LogP contribution in [0.2, 0.25) is 0 Å². The van der Waals surface area contributed by atoms with Gasteiger partial charge in [0.05, 0.1) is 22.1 Å². The predicted molar refractivity (Wildman–Crippen MR) is 153 cm³/mol. The quantitative estimate of drug-likeness (QED) is 0.149. The molecule has 11 heteroatoms. The van der Waals surface area contributed by atoms with E-state index in [2.05, 4.69) is 0 Å². The smallest absolute Gasteiger partial charge is 0.335 e. The number of ether oxygens (including phenoxy) is 2. The van der Waals surface area contributed by atoms with Crippen LogP contribution in [0.15, 0.2) is 42.5 Å². The van der Waals surface area contributed by atoms with Crippen LogP contribution in [0.4, 0.5) is 0 Å². The standard InChI is InChI=1S/C32H36O11/c1-16-22(20(33)11-10-17-8-4-2-5-9-17)25(35)23-19(24(16)34)14-18(30(39)40)15-21(23)42-31-28(38)26(36)27(37)29(43-31)32(41)12-6-3-7-13-32/h2,4-5,8-9,14-15,26-29,31,34-38,41H,3,6-7,10-13H2,1H3,(H,39,40)/t26-,27-,28+,29-,31-/m0/s1. The Kier molecular flexibility index (Phi) is 8.64. The summed E-state index contributed by atoms with van der Waals surface area (Å²) >= 11 is 0. The van der Waals surface area contributed by atoms with E-state index in [1.54, 1.807) is 0 Å². The van der Waals surface area contributed by atoms with E-state index >= 15 is 0 Å². The lowest BCUT2D eigenvalue weighted by molar-refractivity contribution is -0.308. The third kappa shape index (κ3) is 5.78. The Morgan fingerprint density at radius 3 is 2.28 bits per heavy atom. The average molecular weight is 597 g/mol. The number of aryl methyl sites for hydroxylation is 1. The number of carboxylic acid groups (broad SMARTS) is 1. The maximum absolute atomic E-state index is 13.4. The van der Waals surface area contributed by atoms with Crippen LogP contribution in [0.3, 0.4) is 0 Å². The minimum atomic E-state index is -1.84. The molecule has 2 aliphatic rings. The van der Waals surface area contributed by atoms with Gasteiger partial charge < -0.3 is 45.2 Å². The van der Waals surface area contributed by atoms with Crippen molar-refractivity contribution in [3.63, 3.8) is 0 Å². The fraction of sp³-hybridized carbons (Fsp3) is 0.438. The summed E-state index contributed by atoms with van der Waals surface area (Å²) in [6, 6.07) is 11.4. The molecule has 1 saturated heterocycles. The molecule has 1 heterocycles. The summed E-state index contributed by atoms with van der Waals surface area (Å²) in [6.45, 7) is 1.43. The highest BCUT2D eigenvalue weighted by molar-refractivity contribution is 6.11. The second-order valence-electron chi connectivity index (χ2n) is 11.5. The first kappa shape index (κ1) is 30.7. The van der Waals surface area contributed by atoms with E-state index in [9.17, 15) is 45.3 Å². The third-order valence-electron chi connectivity index (χ3n) is 8.63. The van der Waals surface area contributed by atoms with Crippen molar-refractivity contribution in [3.05, 3.63) is 64.7 Å². The van der Waals surface area contributed by atoms with Crippen molar-refractivity contribution < 1.29 is 54.8 Å². The van der Waals surface area contributed by atoms with Crippen LogP contribution in [-0.4, -0.2) is 83.8 Å². The summed E-state index contributed by atoms with van der Waals surface area (Å²) in [7, 11) is 0. The van der Waals surface area contributed by atoms with E-state index in [1.807, 2.05) is 30.3 Å². The van der Waals surface area contributed by atoms with Crippen molar-refractivity contribution >= 4 is 22.5 Å². The van der Waals surface area contributed by atoms with Crippen LogP contribution in [0, 0.1) is 6.92 Å². The summed E-state index contributed by atoms with van der Waals surface area (Å²) in [5, 5.41) is 75.4. The Hall–Kier alpha value is -3.74. The van der Waals surface area contributed by atoms with Gasteiger partial charge in [0.15, 0.2) is 5.78 Å². The third-order valence-corrected chi connectivity index (χ3v) is 8.63. The Morgan fingerprint density at radius 1 is 0.953 bits per heavy atom. The van der Waals surface area contributed by atoms with E-state index in [4.69, 9.17) is 9.47 Å². The Balaban J connectivity index is 1.56. The topological polar surface area (TPSA) is 194 Å². The van der Waals surface area contributed by atoms with Crippen LogP contribution >= 0.6 is 0 Å². The first-order valence-electron chi connectivity index (χ1n) is 14.3. The zero-order valence-corrected chi connectivity index (χ0v) is 23.6. The predicted octanol–water partition coefficient (Wildman–Crippen LogP) is 2.95. The molecule has 7 N–H and O–H groups in total. The van der Waals surface area contributed by atoms with Crippen molar-refractivity contribution in [2.75, 3.05) is 0 Å². The molecule has 1 saturated carbocycles. The van der Waals surface area contributed by atoms with Crippen LogP contribution in [0.1, 0.15) is 70.4 Å². The molecule has 0 amide bonds. The molecule has 11 nitrogen and oxygen atoms in total. The maximum Gasteiger partial charge on any atom is 0.335 e. The van der Waals surface area contributed by atoms with Gasteiger partial charge >= 0.3 is 5.97 Å². The Labute approximate surface area is 247 Å². The highest BCUT2D eigenvalue weighted by Crippen LogP contribution is 2.46. The number of hydrogen-bond acceptors (Lipinski definition) is 10. The van der Waals surface area contributed by atoms with E-state index in [1.165, 1.54) is 6.92 Å². The van der Waals surface area contributed by atoms with Crippen molar-refractivity contribution in [1.82, 2.24) is 0 Å². The second kappa shape index (κ2) is 12.1. The number of phenols is 2. The first-order valence-corrected chi connectivity index (χ1v) is 14.3. The van der Waals surface area contributed by atoms with Crippen molar-refractivity contribution in [1.29, 1.82) is 0 Å². The van der Waals surface area contributed by atoms with Crippen molar-refractivity contribution in [2.24, 2.45) is 0 Å². The minimum absolute atomic E-state index is 0.00154. The molecule has 5 rings (SSSR count). The number of fused-ring (bicyclic) bond motifs is 1. The van der Waals surface area contributed by atoms with Gasteiger partial charge in [-0.15, -0.1) is 0 Å². The van der Waals surface area contributed by atoms with Crippen LogP contribution in [-0.2, 0) is 11.2 Å². The van der Waals surface area contributed by atoms with Crippen LogP contribution in [0.5, 0.6) is 17.2 Å². The number of aliphatic hydroxyl groups excluding tert-OH is 3. The van der Waals surface area contributed by atoms with Gasteiger partial charge in [0.25, 0.3) is 0 Å². The highest BCUT2D eigenvalue weighted by atomic mass is 16.7. The molecule has 5 atom stereocenters. The molecular weight excluding hydrogens is 560 g/mol. The number of rotatable bonds is 8. The number of Topliss-reactive ketones (excluding diaryl/α,β-unsaturated/α-hetero) is 1. The van der Waals surface area contributed by atoms with Crippen molar-refractivity contribution in [2.45, 2.75) is 88.2 Å². The van der Waals surface area contributed by atoms with Crippen LogP contribution < -0.4 is 4.74 Å². The van der Waals surface area contributed by atoms with Crippen LogP contribution in [0.25, 0.3) is 10.8 Å². The molecule has 3 aromatic rings. The molecule has 3 aromatic carbocycles. The lowest BCUT2D eigenvalue weighted by atomic mass is 9.76. The van der Waals surface area contributed by atoms with E-state index in [0.717, 1.165) is 24.1 Å². The first-order chi connectivity index (χ1) is 20.4. The van der Waals surface area contributed by atoms with Gasteiger partial charge in [-0.3, -0.25) is 4.79 Å². The average Bonchev–Trinajstić information content (AvgIpc) is 2.99. The fourth-order valence-corrected chi connectivity index (χ4v) is 6.22. The number of phenolic OH excluding ortho intramolecular Hbond substituents is 2. The number of benzene rings is 3. The van der Waals surface area contributed by atoms with Gasteiger partial charge in [-0.2, -0.15) is 0 Å². The number of aromatic carboxylic acids is 1. The molecule has 230 valence electrons. The number of aliphatic hydroxyl groups is 4. The van der Waals surface area contributed by atoms with Gasteiger partial charge in [0, 0.05) is 17.4 Å². The Bertz CT molecular complexity index is 1510. The number of carbonyl (C=O) groups excluding carboxylic acids is 1. The van der Waals surface area contributed by atoms with Gasteiger partial charge in [-0.1, -0.05) is 49.6 Å². The number of aromatic hydroxyl groups is 2. The number of carbonyl (C=O) groups is 2. The molecule has 43 heavy (non-hydrogen) atoms. The number of hydrogen-bond donors (Lipinski definition) is 7. The number of carboxylic acids is 1. The van der Waals surface area contributed by atoms with Gasteiger partial charge in [-0.05, 0) is 43.9 Å². The SMILES string of the molecule is Cc1c(C(=O)CCc2ccccc2)c(O)c2c(O[C@H]3O[C@H](C4(O)CCCCC4)[C@@H](O)[C@H](O)[C@H]3O)cc(C(=O)O)cc2c1O. The van der Waals surface area contributed by atoms with E-state index in [-0.39, 0.29) is 52.5 Å². The van der Waals surface area contributed by atoms with Crippen molar-refractivity contribution in [3.8, 4) is 17.2 Å². The van der Waals surface area contributed by atoms with E-state index in [0.29, 0.717) is 19.3 Å². The largest absolute Gasteiger partial charge is 0.507 e. The second-order valence-corrected chi connectivity index (χ2v) is 11.5. The zero-order valence-electron chi connectivity index (χ0n) is 23.6. The molecule has 1 aliphatic heterocycles. The Morgan fingerprint density at radius 2 is 1.63 bits per heavy atom. The molecule has 1 aliphatic carbocycles. The molecule has 0 radical (unpaired) electrons. The lowest BCUT2D eigenvalue weighted by Crippen LogP contribution is -2.65. The van der Waals surface area contributed by atoms with E-state index < -0.39 is 59.6 Å². The normalized spacial score (nSPS) is 25.4. The number of ketones is 1. The van der Waals surface area contributed by atoms with Gasteiger partial charge in [0.1, 0.15) is 41.7 Å².